The molecule has 0 aromatic heterocycles. The predicted octanol–water partition coefficient (Wildman–Crippen LogP) is 0.259. The van der Waals surface area contributed by atoms with Gasteiger partial charge >= 0.3 is 0 Å². The standard InChI is InChI=1S/C16H28N2O4S/c19-9-8-17-6-7-18(15-12-23(21,22)11-14(15)17)16(20)10-13-4-2-1-3-5-13/h13-15,19H,1-12H2/t14-,15+/m1/s1. The number of sulfone groups is 1. The molecular weight excluding hydrogens is 316 g/mol. The molecule has 1 N–H and O–H groups in total. The van der Waals surface area contributed by atoms with Gasteiger partial charge in [0.05, 0.1) is 24.2 Å². The molecule has 2 atom stereocenters. The first-order chi connectivity index (χ1) is 11.0. The molecule has 2 saturated heterocycles. The van der Waals surface area contributed by atoms with E-state index in [0.29, 0.717) is 32.0 Å². The largest absolute Gasteiger partial charge is 0.395 e. The Balaban J connectivity index is 1.68. The molecular formula is C16H28N2O4S. The molecule has 0 bridgehead atoms. The van der Waals surface area contributed by atoms with E-state index in [-0.39, 0.29) is 36.1 Å². The van der Waals surface area contributed by atoms with Gasteiger partial charge in [0.25, 0.3) is 0 Å². The fourth-order valence-electron chi connectivity index (χ4n) is 4.50. The van der Waals surface area contributed by atoms with Gasteiger partial charge in [-0.05, 0) is 18.8 Å². The van der Waals surface area contributed by atoms with Crippen LogP contribution < -0.4 is 0 Å². The Morgan fingerprint density at radius 2 is 1.74 bits per heavy atom. The lowest BCUT2D eigenvalue weighted by Crippen LogP contribution is -2.61. The molecule has 23 heavy (non-hydrogen) atoms. The van der Waals surface area contributed by atoms with E-state index >= 15 is 0 Å². The van der Waals surface area contributed by atoms with Crippen LogP contribution in [0.25, 0.3) is 0 Å². The molecule has 6 nitrogen and oxygen atoms in total. The van der Waals surface area contributed by atoms with Crippen molar-refractivity contribution in [2.75, 3.05) is 37.7 Å². The Morgan fingerprint density at radius 3 is 2.43 bits per heavy atom. The highest BCUT2D eigenvalue weighted by Crippen LogP contribution is 2.30. The number of amides is 1. The van der Waals surface area contributed by atoms with E-state index in [1.165, 1.54) is 19.3 Å². The molecule has 1 amide bonds. The van der Waals surface area contributed by atoms with Crippen LogP contribution in [-0.2, 0) is 14.6 Å². The van der Waals surface area contributed by atoms with Gasteiger partial charge in [-0.15, -0.1) is 0 Å². The smallest absolute Gasteiger partial charge is 0.223 e. The fourth-order valence-corrected chi connectivity index (χ4v) is 6.51. The average Bonchev–Trinajstić information content (AvgIpc) is 2.84. The first-order valence-electron chi connectivity index (χ1n) is 8.85. The minimum atomic E-state index is -3.10. The first-order valence-corrected chi connectivity index (χ1v) is 10.7. The van der Waals surface area contributed by atoms with Crippen LogP contribution in [0.5, 0.6) is 0 Å². The van der Waals surface area contributed by atoms with Crippen molar-refractivity contribution in [1.82, 2.24) is 9.80 Å². The van der Waals surface area contributed by atoms with Gasteiger partial charge in [-0.3, -0.25) is 9.69 Å². The third-order valence-electron chi connectivity index (χ3n) is 5.69. The summed E-state index contributed by atoms with van der Waals surface area (Å²) in [7, 11) is -3.10. The summed E-state index contributed by atoms with van der Waals surface area (Å²) in [4.78, 5) is 16.6. The number of hydrogen-bond acceptors (Lipinski definition) is 5. The Bertz CT molecular complexity index is 530. The highest BCUT2D eigenvalue weighted by Gasteiger charge is 2.47. The molecule has 3 aliphatic rings. The van der Waals surface area contributed by atoms with Crippen LogP contribution in [0.1, 0.15) is 38.5 Å². The van der Waals surface area contributed by atoms with Crippen molar-refractivity contribution in [2.24, 2.45) is 5.92 Å². The number of aliphatic hydroxyl groups excluding tert-OH is 1. The summed E-state index contributed by atoms with van der Waals surface area (Å²) in [5.74, 6) is 0.803. The highest BCUT2D eigenvalue weighted by molar-refractivity contribution is 7.91. The van der Waals surface area contributed by atoms with Crippen LogP contribution >= 0.6 is 0 Å². The lowest BCUT2D eigenvalue weighted by Gasteiger charge is -2.44. The number of β-amino-alcohol motifs (C(OH)–C–C–N with tert-alkyl or cyclic N) is 1. The Labute approximate surface area is 138 Å². The van der Waals surface area contributed by atoms with E-state index in [4.69, 9.17) is 0 Å². The number of aliphatic hydroxyl groups is 1. The lowest BCUT2D eigenvalue weighted by atomic mass is 9.86. The van der Waals surface area contributed by atoms with E-state index in [0.717, 1.165) is 12.8 Å². The molecule has 1 aliphatic carbocycles. The Morgan fingerprint density at radius 1 is 1.04 bits per heavy atom. The van der Waals surface area contributed by atoms with Crippen LogP contribution in [-0.4, -0.2) is 79.1 Å². The van der Waals surface area contributed by atoms with E-state index in [1.807, 2.05) is 9.80 Å². The molecule has 3 rings (SSSR count). The van der Waals surface area contributed by atoms with E-state index in [2.05, 4.69) is 0 Å². The maximum atomic E-state index is 12.7. The second-order valence-electron chi connectivity index (χ2n) is 7.27. The summed E-state index contributed by atoms with van der Waals surface area (Å²) in [6.45, 7) is 1.76. The first kappa shape index (κ1) is 17.2. The van der Waals surface area contributed by atoms with Crippen LogP contribution in [0.3, 0.4) is 0 Å². The summed E-state index contributed by atoms with van der Waals surface area (Å²) in [5.41, 5.74) is 0. The summed E-state index contributed by atoms with van der Waals surface area (Å²) >= 11 is 0. The molecule has 3 fully saturated rings. The van der Waals surface area contributed by atoms with Crippen molar-refractivity contribution in [3.05, 3.63) is 0 Å². The maximum absolute atomic E-state index is 12.7. The molecule has 0 spiro atoms. The molecule has 2 aliphatic heterocycles. The zero-order valence-corrected chi connectivity index (χ0v) is 14.5. The van der Waals surface area contributed by atoms with Gasteiger partial charge in [-0.1, -0.05) is 19.3 Å². The highest BCUT2D eigenvalue weighted by atomic mass is 32.2. The van der Waals surface area contributed by atoms with Gasteiger partial charge in [0.2, 0.25) is 5.91 Å². The van der Waals surface area contributed by atoms with E-state index < -0.39 is 9.84 Å². The second-order valence-corrected chi connectivity index (χ2v) is 9.42. The number of carbonyl (C=O) groups excluding carboxylic acids is 1. The zero-order chi connectivity index (χ0) is 16.4. The minimum Gasteiger partial charge on any atom is -0.395 e. The molecule has 0 aromatic rings. The molecule has 0 unspecified atom stereocenters. The topological polar surface area (TPSA) is 77.9 Å². The quantitative estimate of drug-likeness (QED) is 0.791. The minimum absolute atomic E-state index is 0.0271. The third-order valence-corrected chi connectivity index (χ3v) is 7.39. The normalized spacial score (nSPS) is 32.0. The molecule has 7 heteroatoms. The summed E-state index contributed by atoms with van der Waals surface area (Å²) < 4.78 is 24.2. The number of nitrogens with zero attached hydrogens (tertiary/aromatic N) is 2. The SMILES string of the molecule is O=C(CC1CCCCC1)N1CCN(CCO)[C@@H]2CS(=O)(=O)C[C@@H]21. The van der Waals surface area contributed by atoms with Gasteiger partial charge in [0.1, 0.15) is 0 Å². The van der Waals surface area contributed by atoms with Crippen LogP contribution in [0.15, 0.2) is 0 Å². The van der Waals surface area contributed by atoms with E-state index in [9.17, 15) is 18.3 Å². The average molecular weight is 344 g/mol. The number of carbonyl (C=O) groups is 1. The molecule has 1 saturated carbocycles. The van der Waals surface area contributed by atoms with Crippen molar-refractivity contribution < 1.29 is 18.3 Å². The van der Waals surface area contributed by atoms with Gasteiger partial charge in [0.15, 0.2) is 9.84 Å². The summed E-state index contributed by atoms with van der Waals surface area (Å²) in [6.07, 6.45) is 6.52. The monoisotopic (exact) mass is 344 g/mol. The predicted molar refractivity (Wildman–Crippen MR) is 87.8 cm³/mol. The van der Waals surface area contributed by atoms with Crippen LogP contribution in [0, 0.1) is 5.92 Å². The number of hydrogen-bond donors (Lipinski definition) is 1. The fraction of sp³-hybridized carbons (Fsp3) is 0.938. The van der Waals surface area contributed by atoms with Crippen molar-refractivity contribution in [3.8, 4) is 0 Å². The lowest BCUT2D eigenvalue weighted by molar-refractivity contribution is -0.138. The Hall–Kier alpha value is -0.660. The molecule has 0 aromatic carbocycles. The van der Waals surface area contributed by atoms with Crippen LogP contribution in [0.4, 0.5) is 0 Å². The molecule has 132 valence electrons. The van der Waals surface area contributed by atoms with Crippen molar-refractivity contribution >= 4 is 15.7 Å². The third kappa shape index (κ3) is 3.88. The molecule has 2 heterocycles. The number of rotatable bonds is 4. The van der Waals surface area contributed by atoms with Crippen molar-refractivity contribution in [3.63, 3.8) is 0 Å². The second kappa shape index (κ2) is 7.07. The Kier molecular flexibility index (Phi) is 5.28. The van der Waals surface area contributed by atoms with Gasteiger partial charge in [0, 0.05) is 32.1 Å². The number of fused-ring (bicyclic) bond motifs is 1. The van der Waals surface area contributed by atoms with Gasteiger partial charge in [-0.2, -0.15) is 0 Å². The number of piperazine rings is 1. The van der Waals surface area contributed by atoms with Crippen molar-refractivity contribution in [2.45, 2.75) is 50.6 Å². The maximum Gasteiger partial charge on any atom is 0.223 e. The molecule has 0 radical (unpaired) electrons. The zero-order valence-electron chi connectivity index (χ0n) is 13.7. The van der Waals surface area contributed by atoms with E-state index in [1.54, 1.807) is 0 Å². The van der Waals surface area contributed by atoms with Crippen molar-refractivity contribution in [1.29, 1.82) is 0 Å². The van der Waals surface area contributed by atoms with Gasteiger partial charge in [-0.25, -0.2) is 8.42 Å². The summed E-state index contributed by atoms with van der Waals surface area (Å²) in [5, 5.41) is 9.19. The van der Waals surface area contributed by atoms with Crippen LogP contribution in [0.2, 0.25) is 0 Å². The summed E-state index contributed by atoms with van der Waals surface area (Å²) in [6, 6.07) is -0.368. The van der Waals surface area contributed by atoms with Gasteiger partial charge < -0.3 is 10.0 Å².